The Morgan fingerprint density at radius 3 is 2.49 bits per heavy atom. The molecule has 2 aliphatic heterocycles. The van der Waals surface area contributed by atoms with E-state index in [1.165, 1.54) is 0 Å². The molecule has 3 aromatic carbocycles. The Labute approximate surface area is 230 Å². The van der Waals surface area contributed by atoms with Crippen LogP contribution in [0.25, 0.3) is 22.2 Å². The van der Waals surface area contributed by atoms with Crippen LogP contribution in [0.3, 0.4) is 0 Å². The predicted molar refractivity (Wildman–Crippen MR) is 156 cm³/mol. The number of hydrogen-bond acceptors (Lipinski definition) is 5. The van der Waals surface area contributed by atoms with Gasteiger partial charge in [-0.05, 0) is 106 Å². The van der Waals surface area contributed by atoms with Crippen molar-refractivity contribution < 1.29 is 9.53 Å². The van der Waals surface area contributed by atoms with Crippen LogP contribution in [-0.2, 0) is 4.79 Å². The molecular formula is C32H37N5O2. The van der Waals surface area contributed by atoms with E-state index in [-0.39, 0.29) is 18.1 Å². The summed E-state index contributed by atoms with van der Waals surface area (Å²) < 4.78 is 6.23. The summed E-state index contributed by atoms with van der Waals surface area (Å²) in [4.78, 5) is 18.4. The summed E-state index contributed by atoms with van der Waals surface area (Å²) in [7, 11) is 2.16. The predicted octanol–water partition coefficient (Wildman–Crippen LogP) is 5.79. The van der Waals surface area contributed by atoms with Gasteiger partial charge in [-0.15, -0.1) is 0 Å². The van der Waals surface area contributed by atoms with Crippen LogP contribution in [0.15, 0.2) is 66.7 Å². The van der Waals surface area contributed by atoms with Gasteiger partial charge in [0.15, 0.2) is 0 Å². The molecule has 0 saturated carbocycles. The number of ether oxygens (including phenoxy) is 1. The molecule has 0 spiro atoms. The van der Waals surface area contributed by atoms with Crippen LogP contribution >= 0.6 is 0 Å². The number of aromatic amines is 1. The van der Waals surface area contributed by atoms with E-state index in [0.717, 1.165) is 96.6 Å². The fourth-order valence-corrected chi connectivity index (χ4v) is 5.91. The molecule has 0 aliphatic carbocycles. The Morgan fingerprint density at radius 2 is 1.74 bits per heavy atom. The molecular weight excluding hydrogens is 486 g/mol. The summed E-state index contributed by atoms with van der Waals surface area (Å²) in [5.41, 5.74) is 5.79. The molecule has 2 saturated heterocycles. The Bertz CT molecular complexity index is 1430. The van der Waals surface area contributed by atoms with E-state index >= 15 is 0 Å². The van der Waals surface area contributed by atoms with E-state index in [4.69, 9.17) is 4.74 Å². The number of nitrogens with zero attached hydrogens (tertiary/aromatic N) is 3. The lowest BCUT2D eigenvalue weighted by atomic mass is 9.99. The summed E-state index contributed by atoms with van der Waals surface area (Å²) >= 11 is 0. The first kappa shape index (κ1) is 25.6. The Kier molecular flexibility index (Phi) is 7.35. The summed E-state index contributed by atoms with van der Waals surface area (Å²) in [6.45, 7) is 6.11. The molecule has 0 radical (unpaired) electrons. The number of aromatic nitrogens is 2. The van der Waals surface area contributed by atoms with Crippen LogP contribution in [0.5, 0.6) is 5.75 Å². The normalized spacial score (nSPS) is 17.9. The van der Waals surface area contributed by atoms with Crippen molar-refractivity contribution >= 4 is 22.5 Å². The van der Waals surface area contributed by atoms with E-state index in [9.17, 15) is 4.79 Å². The highest BCUT2D eigenvalue weighted by molar-refractivity contribution is 6.00. The van der Waals surface area contributed by atoms with Crippen LogP contribution in [-0.4, -0.2) is 65.2 Å². The fourth-order valence-electron chi connectivity index (χ4n) is 5.91. The Balaban J connectivity index is 1.21. The molecule has 1 aromatic heterocycles. The SMILES string of the molecule is Cc1ccccc1C(C(=O)Nc1ccc2[nH]nc(-c3ccc(OC4CCN(C)CC4)cc3)c2c1)N1CCCC1. The zero-order chi connectivity index (χ0) is 26.8. The van der Waals surface area contributed by atoms with Crippen molar-refractivity contribution in [1.82, 2.24) is 20.0 Å². The maximum Gasteiger partial charge on any atom is 0.246 e. The highest BCUT2D eigenvalue weighted by atomic mass is 16.5. The lowest BCUT2D eigenvalue weighted by Gasteiger charge is -2.29. The van der Waals surface area contributed by atoms with Gasteiger partial charge in [0.2, 0.25) is 5.91 Å². The highest BCUT2D eigenvalue weighted by Gasteiger charge is 2.31. The molecule has 6 rings (SSSR count). The van der Waals surface area contributed by atoms with Crippen molar-refractivity contribution in [1.29, 1.82) is 0 Å². The van der Waals surface area contributed by atoms with Crippen molar-refractivity contribution in [3.63, 3.8) is 0 Å². The summed E-state index contributed by atoms with van der Waals surface area (Å²) in [6, 6.07) is 22.0. The third-order valence-electron chi connectivity index (χ3n) is 8.16. The van der Waals surface area contributed by atoms with Crippen molar-refractivity contribution in [3.8, 4) is 17.0 Å². The van der Waals surface area contributed by atoms with Gasteiger partial charge < -0.3 is 15.0 Å². The van der Waals surface area contributed by atoms with Crippen molar-refractivity contribution in [3.05, 3.63) is 77.9 Å². The van der Waals surface area contributed by atoms with Crippen LogP contribution in [0.4, 0.5) is 5.69 Å². The van der Waals surface area contributed by atoms with Gasteiger partial charge >= 0.3 is 0 Å². The third kappa shape index (κ3) is 5.56. The van der Waals surface area contributed by atoms with Gasteiger partial charge in [0.1, 0.15) is 17.9 Å². The molecule has 2 N–H and O–H groups in total. The maximum absolute atomic E-state index is 13.7. The molecule has 7 nitrogen and oxygen atoms in total. The number of H-pyrrole nitrogens is 1. The van der Waals surface area contributed by atoms with Gasteiger partial charge in [0.25, 0.3) is 0 Å². The zero-order valence-corrected chi connectivity index (χ0v) is 22.8. The second kappa shape index (κ2) is 11.2. The molecule has 2 aliphatic rings. The molecule has 1 atom stereocenters. The van der Waals surface area contributed by atoms with E-state index in [0.29, 0.717) is 0 Å². The minimum absolute atomic E-state index is 0.00556. The van der Waals surface area contributed by atoms with Crippen LogP contribution in [0, 0.1) is 6.92 Å². The lowest BCUT2D eigenvalue weighted by molar-refractivity contribution is -0.121. The highest BCUT2D eigenvalue weighted by Crippen LogP contribution is 2.32. The smallest absolute Gasteiger partial charge is 0.246 e. The molecule has 0 bridgehead atoms. The first-order valence-electron chi connectivity index (χ1n) is 14.1. The minimum Gasteiger partial charge on any atom is -0.490 e. The zero-order valence-electron chi connectivity index (χ0n) is 22.8. The quantitative estimate of drug-likeness (QED) is 0.321. The first-order valence-corrected chi connectivity index (χ1v) is 14.1. The molecule has 1 amide bonds. The molecule has 202 valence electrons. The Morgan fingerprint density at radius 1 is 1.00 bits per heavy atom. The standard InChI is InChI=1S/C32H37N5O2/c1-22-7-3-4-8-27(22)31(37-17-5-6-18-37)32(38)33-24-11-14-29-28(21-24)30(35-34-29)23-9-12-25(13-10-23)39-26-15-19-36(2)20-16-26/h3-4,7-14,21,26,31H,5-6,15-20H2,1-2H3,(H,33,38)(H,34,35). The lowest BCUT2D eigenvalue weighted by Crippen LogP contribution is -2.35. The number of carbonyl (C=O) groups excluding carboxylic acids is 1. The summed E-state index contributed by atoms with van der Waals surface area (Å²) in [6.07, 6.45) is 4.63. The number of carbonyl (C=O) groups is 1. The average molecular weight is 524 g/mol. The number of hydrogen-bond donors (Lipinski definition) is 2. The summed E-state index contributed by atoms with van der Waals surface area (Å²) in [5, 5.41) is 11.9. The number of amides is 1. The molecule has 7 heteroatoms. The number of anilines is 1. The van der Waals surface area contributed by atoms with Crippen LogP contribution < -0.4 is 10.1 Å². The van der Waals surface area contributed by atoms with E-state index in [1.54, 1.807) is 0 Å². The number of piperidine rings is 1. The second-order valence-corrected chi connectivity index (χ2v) is 11.0. The topological polar surface area (TPSA) is 73.5 Å². The van der Waals surface area contributed by atoms with Crippen molar-refractivity contribution in [2.75, 3.05) is 38.5 Å². The molecule has 39 heavy (non-hydrogen) atoms. The van der Waals surface area contributed by atoms with Gasteiger partial charge in [0, 0.05) is 29.7 Å². The number of aryl methyl sites for hydroxylation is 1. The average Bonchev–Trinajstić information content (AvgIpc) is 3.62. The minimum atomic E-state index is -0.301. The van der Waals surface area contributed by atoms with Gasteiger partial charge in [0.05, 0.1) is 11.2 Å². The molecule has 3 heterocycles. The van der Waals surface area contributed by atoms with Gasteiger partial charge in [-0.2, -0.15) is 5.10 Å². The van der Waals surface area contributed by atoms with Gasteiger partial charge in [-0.25, -0.2) is 0 Å². The Hall–Kier alpha value is -3.68. The number of likely N-dealkylation sites (tertiary alicyclic amines) is 2. The van der Waals surface area contributed by atoms with E-state index in [2.05, 4.69) is 63.6 Å². The monoisotopic (exact) mass is 523 g/mol. The summed E-state index contributed by atoms with van der Waals surface area (Å²) in [5.74, 6) is 0.899. The third-order valence-corrected chi connectivity index (χ3v) is 8.16. The van der Waals surface area contributed by atoms with Crippen LogP contribution in [0.2, 0.25) is 0 Å². The van der Waals surface area contributed by atoms with Crippen LogP contribution in [0.1, 0.15) is 42.9 Å². The molecule has 1 unspecified atom stereocenters. The molecule has 2 fully saturated rings. The first-order chi connectivity index (χ1) is 19.0. The number of benzene rings is 3. The van der Waals surface area contributed by atoms with Crippen molar-refractivity contribution in [2.24, 2.45) is 0 Å². The fraction of sp³-hybridized carbons (Fsp3) is 0.375. The second-order valence-electron chi connectivity index (χ2n) is 11.0. The molecule has 4 aromatic rings. The van der Waals surface area contributed by atoms with E-state index in [1.807, 2.05) is 42.5 Å². The van der Waals surface area contributed by atoms with Gasteiger partial charge in [-0.3, -0.25) is 14.8 Å². The maximum atomic E-state index is 13.7. The van der Waals surface area contributed by atoms with E-state index < -0.39 is 0 Å². The number of nitrogens with one attached hydrogen (secondary N) is 2. The van der Waals surface area contributed by atoms with Gasteiger partial charge in [-0.1, -0.05) is 24.3 Å². The van der Waals surface area contributed by atoms with Crippen molar-refractivity contribution in [2.45, 2.75) is 44.8 Å². The number of rotatable bonds is 7. The number of fused-ring (bicyclic) bond motifs is 1. The largest absolute Gasteiger partial charge is 0.490 e.